The van der Waals surface area contributed by atoms with E-state index < -0.39 is 0 Å². The number of nitrogens with zero attached hydrogens (tertiary/aromatic N) is 3. The van der Waals surface area contributed by atoms with Gasteiger partial charge in [0, 0.05) is 18.7 Å². The summed E-state index contributed by atoms with van der Waals surface area (Å²) in [6.07, 6.45) is 0.807. The Hall–Kier alpha value is -1.88. The highest BCUT2D eigenvalue weighted by Gasteiger charge is 2.06. The van der Waals surface area contributed by atoms with Gasteiger partial charge in [0.25, 0.3) is 0 Å². The molecule has 1 aromatic carbocycles. The molecule has 0 saturated heterocycles. The van der Waals surface area contributed by atoms with E-state index >= 15 is 0 Å². The van der Waals surface area contributed by atoms with E-state index in [1.807, 2.05) is 26.2 Å². The molecule has 0 aliphatic rings. The topological polar surface area (TPSA) is 54.2 Å². The van der Waals surface area contributed by atoms with Crippen molar-refractivity contribution in [3.63, 3.8) is 0 Å². The second kappa shape index (κ2) is 6.33. The minimum Gasteiger partial charge on any atom is -0.376 e. The van der Waals surface area contributed by atoms with Gasteiger partial charge in [-0.25, -0.2) is 0 Å². The Kier molecular flexibility index (Phi) is 4.52. The Morgan fingerprint density at radius 1 is 1.21 bits per heavy atom. The zero-order chi connectivity index (χ0) is 13.7. The zero-order valence-electron chi connectivity index (χ0n) is 11.7. The quantitative estimate of drug-likeness (QED) is 0.862. The highest BCUT2D eigenvalue weighted by atomic mass is 16.5. The number of rotatable bonds is 6. The summed E-state index contributed by atoms with van der Waals surface area (Å²) in [7, 11) is 4.06. The van der Waals surface area contributed by atoms with Gasteiger partial charge < -0.3 is 14.7 Å². The first kappa shape index (κ1) is 13.5. The first-order valence-electron chi connectivity index (χ1n) is 6.40. The number of aromatic nitrogens is 2. The highest BCUT2D eigenvalue weighted by molar-refractivity contribution is 5.44. The van der Waals surface area contributed by atoms with E-state index in [2.05, 4.69) is 39.4 Å². The third-order valence-electron chi connectivity index (χ3n) is 2.79. The molecule has 0 aliphatic carbocycles. The van der Waals surface area contributed by atoms with Gasteiger partial charge in [-0.05, 0) is 33.2 Å². The summed E-state index contributed by atoms with van der Waals surface area (Å²) in [6, 6.07) is 8.22. The number of hydrogen-bond acceptors (Lipinski definition) is 5. The lowest BCUT2D eigenvalue weighted by molar-refractivity contribution is 0.369. The van der Waals surface area contributed by atoms with Crippen LogP contribution in [0.3, 0.4) is 0 Å². The minimum atomic E-state index is 0.554. The molecule has 0 radical (unpaired) electrons. The molecule has 0 spiro atoms. The van der Waals surface area contributed by atoms with Crippen molar-refractivity contribution in [2.24, 2.45) is 0 Å². The van der Waals surface area contributed by atoms with Crippen molar-refractivity contribution in [2.75, 3.05) is 26.0 Å². The Labute approximate surface area is 113 Å². The Balaban J connectivity index is 1.84. The molecule has 5 heteroatoms. The van der Waals surface area contributed by atoms with E-state index in [9.17, 15) is 0 Å². The maximum absolute atomic E-state index is 5.20. The molecule has 5 nitrogen and oxygen atoms in total. The van der Waals surface area contributed by atoms with E-state index in [0.29, 0.717) is 12.4 Å². The van der Waals surface area contributed by atoms with E-state index in [1.165, 1.54) is 5.56 Å². The van der Waals surface area contributed by atoms with Crippen LogP contribution in [0, 0.1) is 6.92 Å². The second-order valence-corrected chi connectivity index (χ2v) is 4.88. The van der Waals surface area contributed by atoms with Crippen LogP contribution in [0.2, 0.25) is 0 Å². The van der Waals surface area contributed by atoms with Gasteiger partial charge in [-0.1, -0.05) is 22.9 Å². The van der Waals surface area contributed by atoms with Gasteiger partial charge in [0.05, 0.1) is 6.54 Å². The summed E-state index contributed by atoms with van der Waals surface area (Å²) in [6.45, 7) is 3.54. The highest BCUT2D eigenvalue weighted by Crippen LogP contribution is 2.10. The van der Waals surface area contributed by atoms with E-state index in [1.54, 1.807) is 0 Å². The summed E-state index contributed by atoms with van der Waals surface area (Å²) in [5.74, 6) is 1.38. The van der Waals surface area contributed by atoms with E-state index in [4.69, 9.17) is 4.52 Å². The molecule has 102 valence electrons. The number of anilines is 1. The van der Waals surface area contributed by atoms with Crippen LogP contribution < -0.4 is 5.32 Å². The lowest BCUT2D eigenvalue weighted by atomic mass is 10.2. The van der Waals surface area contributed by atoms with Crippen LogP contribution in [0.1, 0.15) is 17.3 Å². The fourth-order valence-corrected chi connectivity index (χ4v) is 1.64. The maximum Gasteiger partial charge on any atom is 0.245 e. The molecule has 0 atom stereocenters. The Bertz CT molecular complexity index is 504. The lowest BCUT2D eigenvalue weighted by Gasteiger charge is -2.05. The number of nitrogens with one attached hydrogen (secondary N) is 1. The van der Waals surface area contributed by atoms with Crippen molar-refractivity contribution < 1.29 is 4.52 Å². The van der Waals surface area contributed by atoms with Crippen LogP contribution in [-0.4, -0.2) is 35.7 Å². The molecule has 0 unspecified atom stereocenters. The third kappa shape index (κ3) is 4.37. The molecule has 0 amide bonds. The van der Waals surface area contributed by atoms with Crippen LogP contribution >= 0.6 is 0 Å². The van der Waals surface area contributed by atoms with Crippen molar-refractivity contribution in [2.45, 2.75) is 19.9 Å². The summed E-state index contributed by atoms with van der Waals surface area (Å²) >= 11 is 0. The van der Waals surface area contributed by atoms with Crippen LogP contribution in [-0.2, 0) is 13.0 Å². The largest absolute Gasteiger partial charge is 0.376 e. The van der Waals surface area contributed by atoms with Gasteiger partial charge in [-0.2, -0.15) is 4.98 Å². The monoisotopic (exact) mass is 260 g/mol. The molecule has 1 N–H and O–H groups in total. The fraction of sp³-hybridized carbons (Fsp3) is 0.429. The standard InChI is InChI=1S/C14H20N4O/c1-11-4-6-12(7-5-11)15-10-14-16-13(17-19-14)8-9-18(2)3/h4-7,15H,8-10H2,1-3H3. The van der Waals surface area contributed by atoms with Gasteiger partial charge in [0.1, 0.15) is 0 Å². The van der Waals surface area contributed by atoms with E-state index in [-0.39, 0.29) is 0 Å². The molecule has 1 aromatic heterocycles. The first-order valence-corrected chi connectivity index (χ1v) is 6.40. The normalized spacial score (nSPS) is 10.9. The van der Waals surface area contributed by atoms with Crippen molar-refractivity contribution in [3.8, 4) is 0 Å². The molecular weight excluding hydrogens is 240 g/mol. The molecular formula is C14H20N4O. The summed E-state index contributed by atoms with van der Waals surface area (Å²) < 4.78 is 5.20. The van der Waals surface area contributed by atoms with Crippen molar-refractivity contribution in [3.05, 3.63) is 41.5 Å². The lowest BCUT2D eigenvalue weighted by Crippen LogP contribution is -2.15. The van der Waals surface area contributed by atoms with Gasteiger partial charge in [0.15, 0.2) is 5.82 Å². The molecule has 2 aromatic rings. The molecule has 0 bridgehead atoms. The predicted octanol–water partition coefficient (Wildman–Crippen LogP) is 2.09. The average molecular weight is 260 g/mol. The number of aryl methyl sites for hydroxylation is 1. The van der Waals surface area contributed by atoms with Crippen LogP contribution in [0.25, 0.3) is 0 Å². The number of hydrogen-bond donors (Lipinski definition) is 1. The fourth-order valence-electron chi connectivity index (χ4n) is 1.64. The Morgan fingerprint density at radius 2 is 1.95 bits per heavy atom. The number of likely N-dealkylation sites (N-methyl/N-ethyl adjacent to an activating group) is 1. The SMILES string of the molecule is Cc1ccc(NCc2nc(CCN(C)C)no2)cc1. The average Bonchev–Trinajstić information content (AvgIpc) is 2.84. The van der Waals surface area contributed by atoms with E-state index in [0.717, 1.165) is 24.5 Å². The summed E-state index contributed by atoms with van der Waals surface area (Å²) in [5.41, 5.74) is 2.30. The molecule has 19 heavy (non-hydrogen) atoms. The molecule has 1 heterocycles. The molecule has 2 rings (SSSR count). The smallest absolute Gasteiger partial charge is 0.245 e. The second-order valence-electron chi connectivity index (χ2n) is 4.88. The number of benzene rings is 1. The van der Waals surface area contributed by atoms with Crippen LogP contribution in [0.4, 0.5) is 5.69 Å². The zero-order valence-corrected chi connectivity index (χ0v) is 11.7. The Morgan fingerprint density at radius 3 is 2.63 bits per heavy atom. The van der Waals surface area contributed by atoms with Gasteiger partial charge in [-0.3, -0.25) is 0 Å². The summed E-state index contributed by atoms with van der Waals surface area (Å²) in [4.78, 5) is 6.45. The molecule has 0 saturated carbocycles. The van der Waals surface area contributed by atoms with Crippen molar-refractivity contribution in [1.82, 2.24) is 15.0 Å². The van der Waals surface area contributed by atoms with Gasteiger partial charge in [-0.15, -0.1) is 0 Å². The minimum absolute atomic E-state index is 0.554. The van der Waals surface area contributed by atoms with Crippen LogP contribution in [0.15, 0.2) is 28.8 Å². The molecule has 0 fully saturated rings. The van der Waals surface area contributed by atoms with Gasteiger partial charge in [0.2, 0.25) is 5.89 Å². The van der Waals surface area contributed by atoms with Crippen molar-refractivity contribution >= 4 is 5.69 Å². The maximum atomic E-state index is 5.20. The predicted molar refractivity (Wildman–Crippen MR) is 75.1 cm³/mol. The molecule has 0 aliphatic heterocycles. The summed E-state index contributed by atoms with van der Waals surface area (Å²) in [5, 5.41) is 7.22. The first-order chi connectivity index (χ1) is 9.13. The van der Waals surface area contributed by atoms with Gasteiger partial charge >= 0.3 is 0 Å². The van der Waals surface area contributed by atoms with Crippen LogP contribution in [0.5, 0.6) is 0 Å². The van der Waals surface area contributed by atoms with Crippen molar-refractivity contribution in [1.29, 1.82) is 0 Å². The third-order valence-corrected chi connectivity index (χ3v) is 2.79.